The molecule has 0 radical (unpaired) electrons. The van der Waals surface area contributed by atoms with E-state index in [0.717, 1.165) is 10.0 Å². The molecular formula is C28H34NO5+. The SMILES string of the molecule is C.C[N+](C)(C)c1ccc(CC(=O)OCCCOc2cccc(OC(=O)c3ccccc3)c2)cc1. The predicted octanol–water partition coefficient (Wildman–Crippen LogP) is 5.29. The zero-order chi connectivity index (χ0) is 23.7. The average Bonchev–Trinajstić information content (AvgIpc) is 2.79. The summed E-state index contributed by atoms with van der Waals surface area (Å²) in [6, 6.07) is 23.7. The Bertz CT molecular complexity index is 1060. The molecule has 0 atom stereocenters. The Morgan fingerprint density at radius 3 is 2.15 bits per heavy atom. The molecule has 0 saturated carbocycles. The first-order valence-corrected chi connectivity index (χ1v) is 10.9. The van der Waals surface area contributed by atoms with Gasteiger partial charge in [-0.05, 0) is 42.0 Å². The molecule has 3 aromatic carbocycles. The lowest BCUT2D eigenvalue weighted by molar-refractivity contribution is -0.143. The Labute approximate surface area is 202 Å². The zero-order valence-electron chi connectivity index (χ0n) is 19.3. The summed E-state index contributed by atoms with van der Waals surface area (Å²) >= 11 is 0. The third-order valence-corrected chi connectivity index (χ3v) is 4.91. The normalized spacial score (nSPS) is 10.7. The van der Waals surface area contributed by atoms with Gasteiger partial charge in [0.15, 0.2) is 0 Å². The van der Waals surface area contributed by atoms with Crippen LogP contribution < -0.4 is 14.0 Å². The van der Waals surface area contributed by atoms with E-state index in [9.17, 15) is 9.59 Å². The minimum Gasteiger partial charge on any atom is -0.493 e. The molecule has 6 nitrogen and oxygen atoms in total. The number of ether oxygens (including phenoxy) is 3. The van der Waals surface area contributed by atoms with Gasteiger partial charge in [-0.25, -0.2) is 4.79 Å². The van der Waals surface area contributed by atoms with Gasteiger partial charge in [-0.3, -0.25) is 9.28 Å². The number of rotatable bonds is 10. The highest BCUT2D eigenvalue weighted by Crippen LogP contribution is 2.21. The molecule has 34 heavy (non-hydrogen) atoms. The predicted molar refractivity (Wildman–Crippen MR) is 135 cm³/mol. The standard InChI is InChI=1S/C27H30NO5.CH4/c1-28(2,3)23-15-13-21(14-16-23)19-26(29)32-18-8-17-31-24-11-7-12-25(20-24)33-27(30)22-9-5-4-6-10-22;/h4-7,9-16,20H,8,17-19H2,1-3H3;1H4/q+1;. The molecule has 3 rings (SSSR count). The number of hydrogen-bond acceptors (Lipinski definition) is 5. The Morgan fingerprint density at radius 1 is 0.794 bits per heavy atom. The van der Waals surface area contributed by atoms with Gasteiger partial charge in [0.2, 0.25) is 0 Å². The van der Waals surface area contributed by atoms with Crippen LogP contribution in [0.15, 0.2) is 78.9 Å². The molecule has 3 aromatic rings. The topological polar surface area (TPSA) is 61.8 Å². The summed E-state index contributed by atoms with van der Waals surface area (Å²) in [5.74, 6) is 0.302. The van der Waals surface area contributed by atoms with Crippen molar-refractivity contribution in [2.24, 2.45) is 0 Å². The Morgan fingerprint density at radius 2 is 1.47 bits per heavy atom. The van der Waals surface area contributed by atoms with Crippen LogP contribution in [0.4, 0.5) is 5.69 Å². The first-order valence-electron chi connectivity index (χ1n) is 10.9. The van der Waals surface area contributed by atoms with E-state index < -0.39 is 5.97 Å². The van der Waals surface area contributed by atoms with Crippen LogP contribution in [-0.4, -0.2) is 46.3 Å². The second-order valence-corrected chi connectivity index (χ2v) is 8.51. The van der Waals surface area contributed by atoms with Crippen molar-refractivity contribution >= 4 is 17.6 Å². The van der Waals surface area contributed by atoms with Gasteiger partial charge in [0.1, 0.15) is 17.2 Å². The molecule has 0 saturated heterocycles. The molecule has 0 amide bonds. The molecule has 0 unspecified atom stereocenters. The molecule has 0 bridgehead atoms. The molecule has 6 heteroatoms. The fourth-order valence-electron chi connectivity index (χ4n) is 3.08. The summed E-state index contributed by atoms with van der Waals surface area (Å²) < 4.78 is 17.1. The Hall–Kier alpha value is -3.64. The maximum atomic E-state index is 12.2. The number of benzene rings is 3. The molecule has 0 aromatic heterocycles. The summed E-state index contributed by atoms with van der Waals surface area (Å²) in [5.41, 5.74) is 2.58. The van der Waals surface area contributed by atoms with E-state index in [2.05, 4.69) is 21.1 Å². The van der Waals surface area contributed by atoms with E-state index in [1.165, 1.54) is 5.69 Å². The van der Waals surface area contributed by atoms with Crippen molar-refractivity contribution in [2.45, 2.75) is 20.3 Å². The van der Waals surface area contributed by atoms with Crippen LogP contribution >= 0.6 is 0 Å². The van der Waals surface area contributed by atoms with Gasteiger partial charge in [0.25, 0.3) is 0 Å². The van der Waals surface area contributed by atoms with Crippen molar-refractivity contribution in [1.29, 1.82) is 0 Å². The van der Waals surface area contributed by atoms with Crippen molar-refractivity contribution in [3.63, 3.8) is 0 Å². The summed E-state index contributed by atoms with van der Waals surface area (Å²) in [6.45, 7) is 0.653. The molecule has 0 aliphatic heterocycles. The number of carbonyl (C=O) groups excluding carboxylic acids is 2. The van der Waals surface area contributed by atoms with Crippen LogP contribution in [-0.2, 0) is 16.0 Å². The van der Waals surface area contributed by atoms with Gasteiger partial charge in [-0.15, -0.1) is 0 Å². The van der Waals surface area contributed by atoms with Crippen LogP contribution in [0.5, 0.6) is 11.5 Å². The molecular weight excluding hydrogens is 430 g/mol. The van der Waals surface area contributed by atoms with Crippen LogP contribution in [0.25, 0.3) is 0 Å². The van der Waals surface area contributed by atoms with Gasteiger partial charge in [-0.2, -0.15) is 0 Å². The molecule has 0 fully saturated rings. The number of esters is 2. The van der Waals surface area contributed by atoms with Crippen LogP contribution in [0.3, 0.4) is 0 Å². The minimum atomic E-state index is -0.424. The number of nitrogens with zero attached hydrogens (tertiary/aromatic N) is 1. The number of hydrogen-bond donors (Lipinski definition) is 0. The highest BCUT2D eigenvalue weighted by atomic mass is 16.5. The molecule has 0 heterocycles. The largest absolute Gasteiger partial charge is 0.493 e. The van der Waals surface area contributed by atoms with E-state index in [4.69, 9.17) is 14.2 Å². The van der Waals surface area contributed by atoms with Crippen LogP contribution in [0.1, 0.15) is 29.8 Å². The van der Waals surface area contributed by atoms with Gasteiger partial charge in [-0.1, -0.05) is 43.8 Å². The van der Waals surface area contributed by atoms with Crippen molar-refractivity contribution in [2.75, 3.05) is 34.4 Å². The van der Waals surface area contributed by atoms with Gasteiger partial charge in [0, 0.05) is 12.5 Å². The molecule has 0 N–H and O–H groups in total. The van der Waals surface area contributed by atoms with Gasteiger partial charge >= 0.3 is 11.9 Å². The quantitative estimate of drug-likeness (QED) is 0.176. The molecule has 0 aliphatic rings. The van der Waals surface area contributed by atoms with Crippen molar-refractivity contribution in [3.05, 3.63) is 90.0 Å². The Kier molecular flexibility index (Phi) is 9.83. The lowest BCUT2D eigenvalue weighted by Crippen LogP contribution is -2.34. The van der Waals surface area contributed by atoms with E-state index in [-0.39, 0.29) is 26.4 Å². The summed E-state index contributed by atoms with van der Waals surface area (Å²) in [4.78, 5) is 24.2. The second kappa shape index (κ2) is 12.6. The van der Waals surface area contributed by atoms with Crippen molar-refractivity contribution < 1.29 is 23.8 Å². The van der Waals surface area contributed by atoms with Gasteiger partial charge in [0.05, 0.1) is 46.3 Å². The van der Waals surface area contributed by atoms with Gasteiger partial charge < -0.3 is 14.2 Å². The maximum Gasteiger partial charge on any atom is 0.343 e. The smallest absolute Gasteiger partial charge is 0.343 e. The van der Waals surface area contributed by atoms with Crippen molar-refractivity contribution in [1.82, 2.24) is 4.48 Å². The van der Waals surface area contributed by atoms with E-state index >= 15 is 0 Å². The van der Waals surface area contributed by atoms with Crippen LogP contribution in [0.2, 0.25) is 0 Å². The lowest BCUT2D eigenvalue weighted by atomic mass is 10.1. The fraction of sp³-hybridized carbons (Fsp3) is 0.286. The third kappa shape index (κ3) is 8.37. The first kappa shape index (κ1) is 26.6. The fourth-order valence-corrected chi connectivity index (χ4v) is 3.08. The number of quaternary nitrogens is 1. The highest BCUT2D eigenvalue weighted by Gasteiger charge is 2.12. The highest BCUT2D eigenvalue weighted by molar-refractivity contribution is 5.91. The van der Waals surface area contributed by atoms with E-state index in [1.54, 1.807) is 48.5 Å². The first-order chi connectivity index (χ1) is 15.8. The Balaban J connectivity index is 0.00000408. The zero-order valence-corrected chi connectivity index (χ0v) is 19.3. The third-order valence-electron chi connectivity index (χ3n) is 4.91. The summed E-state index contributed by atoms with van der Waals surface area (Å²) in [6.07, 6.45) is 0.799. The monoisotopic (exact) mass is 464 g/mol. The maximum absolute atomic E-state index is 12.2. The average molecular weight is 465 g/mol. The van der Waals surface area contributed by atoms with E-state index in [1.807, 2.05) is 30.3 Å². The lowest BCUT2D eigenvalue weighted by Gasteiger charge is -2.23. The molecule has 180 valence electrons. The van der Waals surface area contributed by atoms with Crippen molar-refractivity contribution in [3.8, 4) is 11.5 Å². The second-order valence-electron chi connectivity index (χ2n) is 8.51. The minimum absolute atomic E-state index is 0. The summed E-state index contributed by atoms with van der Waals surface area (Å²) in [7, 11) is 6.29. The van der Waals surface area contributed by atoms with E-state index in [0.29, 0.717) is 30.1 Å². The molecule has 0 aliphatic carbocycles. The number of carbonyl (C=O) groups is 2. The summed E-state index contributed by atoms with van der Waals surface area (Å²) in [5, 5.41) is 0. The molecule has 0 spiro atoms. The van der Waals surface area contributed by atoms with Crippen LogP contribution in [0, 0.1) is 0 Å².